The quantitative estimate of drug-likeness (QED) is 0.837. The summed E-state index contributed by atoms with van der Waals surface area (Å²) in [4.78, 5) is 16.0. The predicted octanol–water partition coefficient (Wildman–Crippen LogP) is 0.992. The van der Waals surface area contributed by atoms with E-state index in [0.717, 1.165) is 32.5 Å². The van der Waals surface area contributed by atoms with Crippen molar-refractivity contribution in [2.45, 2.75) is 25.8 Å². The molecule has 0 aromatic carbocycles. The van der Waals surface area contributed by atoms with Crippen LogP contribution in [0.15, 0.2) is 0 Å². The highest BCUT2D eigenvalue weighted by Crippen LogP contribution is 2.14. The van der Waals surface area contributed by atoms with E-state index in [1.54, 1.807) is 0 Å². The van der Waals surface area contributed by atoms with Gasteiger partial charge in [0.1, 0.15) is 0 Å². The van der Waals surface area contributed by atoms with Crippen LogP contribution in [0.1, 0.15) is 19.8 Å². The van der Waals surface area contributed by atoms with Gasteiger partial charge in [0, 0.05) is 26.2 Å². The highest BCUT2D eigenvalue weighted by molar-refractivity contribution is 5.85. The van der Waals surface area contributed by atoms with Crippen LogP contribution in [0, 0.1) is 0 Å². The third-order valence-corrected chi connectivity index (χ3v) is 3.27. The van der Waals surface area contributed by atoms with Crippen LogP contribution in [0.2, 0.25) is 0 Å². The second kappa shape index (κ2) is 9.95. The number of likely N-dealkylation sites (tertiary alicyclic amines) is 1. The minimum atomic E-state index is 0. The molecule has 1 saturated heterocycles. The van der Waals surface area contributed by atoms with Crippen LogP contribution in [0.25, 0.3) is 0 Å². The predicted molar refractivity (Wildman–Crippen MR) is 76.3 cm³/mol. The van der Waals surface area contributed by atoms with E-state index in [-0.39, 0.29) is 30.7 Å². The van der Waals surface area contributed by atoms with Gasteiger partial charge < -0.3 is 15.1 Å². The average Bonchev–Trinajstić information content (AvgIpc) is 2.28. The Balaban J connectivity index is 0. The SMILES string of the molecule is CCN1CCC(N(C)C(=O)CNC)CC1.Cl.Cl. The zero-order valence-electron chi connectivity index (χ0n) is 10.9. The third kappa shape index (κ3) is 5.91. The Morgan fingerprint density at radius 2 is 1.88 bits per heavy atom. The van der Waals surface area contributed by atoms with E-state index in [9.17, 15) is 4.79 Å². The van der Waals surface area contributed by atoms with Crippen molar-refractivity contribution in [3.05, 3.63) is 0 Å². The van der Waals surface area contributed by atoms with Crippen molar-refractivity contribution in [3.8, 4) is 0 Å². The van der Waals surface area contributed by atoms with Crippen LogP contribution < -0.4 is 5.32 Å². The molecular weight excluding hydrogens is 261 g/mol. The lowest BCUT2D eigenvalue weighted by Gasteiger charge is -2.36. The molecule has 0 aliphatic carbocycles. The first kappa shape index (κ1) is 19.3. The molecule has 1 fully saturated rings. The Labute approximate surface area is 117 Å². The molecule has 0 saturated carbocycles. The molecule has 1 rings (SSSR count). The smallest absolute Gasteiger partial charge is 0.236 e. The molecule has 1 aliphatic heterocycles. The number of amides is 1. The summed E-state index contributed by atoms with van der Waals surface area (Å²) in [7, 11) is 3.73. The Kier molecular flexibility index (Phi) is 11.3. The van der Waals surface area contributed by atoms with E-state index < -0.39 is 0 Å². The number of likely N-dealkylation sites (N-methyl/N-ethyl adjacent to an activating group) is 2. The van der Waals surface area contributed by atoms with Gasteiger partial charge in [0.15, 0.2) is 0 Å². The maximum Gasteiger partial charge on any atom is 0.236 e. The standard InChI is InChI=1S/C11H23N3O.2ClH/c1-4-14-7-5-10(6-8-14)13(3)11(15)9-12-2;;/h10,12H,4-9H2,1-3H3;2*1H. The van der Waals surface area contributed by atoms with E-state index in [2.05, 4.69) is 17.1 Å². The lowest BCUT2D eigenvalue weighted by molar-refractivity contribution is -0.131. The first-order chi connectivity index (χ1) is 7.19. The van der Waals surface area contributed by atoms with Gasteiger partial charge in [0.05, 0.1) is 6.54 Å². The normalized spacial score (nSPS) is 16.9. The molecule has 0 bridgehead atoms. The molecule has 0 spiro atoms. The number of nitrogens with one attached hydrogen (secondary N) is 1. The van der Waals surface area contributed by atoms with Crippen LogP contribution in [0.4, 0.5) is 0 Å². The summed E-state index contributed by atoms with van der Waals surface area (Å²) in [5.74, 6) is 0.201. The topological polar surface area (TPSA) is 35.6 Å². The fourth-order valence-corrected chi connectivity index (χ4v) is 2.10. The number of piperidine rings is 1. The van der Waals surface area contributed by atoms with Gasteiger partial charge in [0.25, 0.3) is 0 Å². The fraction of sp³-hybridized carbons (Fsp3) is 0.909. The first-order valence-corrected chi connectivity index (χ1v) is 5.81. The molecule has 0 aromatic heterocycles. The number of carbonyl (C=O) groups excluding carboxylic acids is 1. The lowest BCUT2D eigenvalue weighted by Crippen LogP contribution is -2.47. The minimum Gasteiger partial charge on any atom is -0.342 e. The Morgan fingerprint density at radius 1 is 1.35 bits per heavy atom. The molecule has 6 heteroatoms. The van der Waals surface area contributed by atoms with Crippen molar-refractivity contribution < 1.29 is 4.79 Å². The first-order valence-electron chi connectivity index (χ1n) is 5.81. The summed E-state index contributed by atoms with van der Waals surface area (Å²) >= 11 is 0. The maximum atomic E-state index is 11.6. The van der Waals surface area contributed by atoms with Crippen molar-refractivity contribution in [3.63, 3.8) is 0 Å². The Morgan fingerprint density at radius 3 is 2.29 bits per heavy atom. The monoisotopic (exact) mass is 285 g/mol. The van der Waals surface area contributed by atoms with Gasteiger partial charge in [-0.15, -0.1) is 24.8 Å². The van der Waals surface area contributed by atoms with Crippen LogP contribution in [0.5, 0.6) is 0 Å². The summed E-state index contributed by atoms with van der Waals surface area (Å²) in [6.07, 6.45) is 2.22. The fourth-order valence-electron chi connectivity index (χ4n) is 2.10. The zero-order chi connectivity index (χ0) is 11.3. The molecule has 1 aliphatic rings. The van der Waals surface area contributed by atoms with E-state index in [1.807, 2.05) is 19.0 Å². The van der Waals surface area contributed by atoms with Crippen LogP contribution >= 0.6 is 24.8 Å². The van der Waals surface area contributed by atoms with Gasteiger partial charge in [0.2, 0.25) is 5.91 Å². The van der Waals surface area contributed by atoms with E-state index in [0.29, 0.717) is 12.6 Å². The zero-order valence-corrected chi connectivity index (χ0v) is 12.6. The van der Waals surface area contributed by atoms with Gasteiger partial charge >= 0.3 is 0 Å². The van der Waals surface area contributed by atoms with E-state index in [1.165, 1.54) is 0 Å². The van der Waals surface area contributed by atoms with Crippen molar-refractivity contribution in [2.75, 3.05) is 40.3 Å². The summed E-state index contributed by atoms with van der Waals surface area (Å²) in [6, 6.07) is 0.439. The number of hydrogen-bond acceptors (Lipinski definition) is 3. The van der Waals surface area contributed by atoms with Gasteiger partial charge in [-0.3, -0.25) is 4.79 Å². The number of halogens is 2. The van der Waals surface area contributed by atoms with Gasteiger partial charge in [-0.1, -0.05) is 6.92 Å². The summed E-state index contributed by atoms with van der Waals surface area (Å²) in [6.45, 7) is 6.01. The van der Waals surface area contributed by atoms with Crippen molar-refractivity contribution in [1.29, 1.82) is 0 Å². The highest BCUT2D eigenvalue weighted by Gasteiger charge is 2.23. The van der Waals surface area contributed by atoms with Crippen LogP contribution in [-0.2, 0) is 4.79 Å². The number of nitrogens with zero attached hydrogens (tertiary/aromatic N) is 2. The van der Waals surface area contributed by atoms with Crippen molar-refractivity contribution in [1.82, 2.24) is 15.1 Å². The third-order valence-electron chi connectivity index (χ3n) is 3.27. The average molecular weight is 286 g/mol. The Hall–Kier alpha value is -0.0300. The maximum absolute atomic E-state index is 11.6. The molecule has 4 nitrogen and oxygen atoms in total. The Bertz CT molecular complexity index is 209. The van der Waals surface area contributed by atoms with Crippen LogP contribution in [0.3, 0.4) is 0 Å². The molecule has 0 aromatic rings. The van der Waals surface area contributed by atoms with E-state index >= 15 is 0 Å². The summed E-state index contributed by atoms with van der Waals surface area (Å²) in [5.41, 5.74) is 0. The second-order valence-electron chi connectivity index (χ2n) is 4.20. The molecule has 0 atom stereocenters. The molecule has 104 valence electrons. The molecule has 1 amide bonds. The number of carbonyl (C=O) groups is 1. The van der Waals surface area contributed by atoms with Gasteiger partial charge in [-0.25, -0.2) is 0 Å². The summed E-state index contributed by atoms with van der Waals surface area (Å²) < 4.78 is 0. The molecule has 1 heterocycles. The van der Waals surface area contributed by atoms with E-state index in [4.69, 9.17) is 0 Å². The number of hydrogen-bond donors (Lipinski definition) is 1. The largest absolute Gasteiger partial charge is 0.342 e. The molecule has 0 unspecified atom stereocenters. The van der Waals surface area contributed by atoms with Gasteiger partial charge in [-0.2, -0.15) is 0 Å². The molecular formula is C11H25Cl2N3O. The van der Waals surface area contributed by atoms with Crippen molar-refractivity contribution in [2.24, 2.45) is 0 Å². The molecule has 0 radical (unpaired) electrons. The lowest BCUT2D eigenvalue weighted by atomic mass is 10.0. The molecule has 1 N–H and O–H groups in total. The second-order valence-corrected chi connectivity index (χ2v) is 4.20. The van der Waals surface area contributed by atoms with Gasteiger partial charge in [-0.05, 0) is 26.4 Å². The summed E-state index contributed by atoms with van der Waals surface area (Å²) in [5, 5.41) is 2.91. The number of rotatable bonds is 4. The minimum absolute atomic E-state index is 0. The highest BCUT2D eigenvalue weighted by atomic mass is 35.5. The van der Waals surface area contributed by atoms with Crippen molar-refractivity contribution >= 4 is 30.7 Å². The molecule has 17 heavy (non-hydrogen) atoms. The van der Waals surface area contributed by atoms with Crippen LogP contribution in [-0.4, -0.2) is 62.0 Å².